The molecule has 3 N–H and O–H groups in total. The van der Waals surface area contributed by atoms with E-state index in [4.69, 9.17) is 10.8 Å². The van der Waals surface area contributed by atoms with Gasteiger partial charge in [-0.3, -0.25) is 0 Å². The number of hydrogen-bond donors (Lipinski definition) is 2. The van der Waals surface area contributed by atoms with E-state index in [1.165, 1.54) is 15.6 Å². The number of hydrazine groups is 1. The van der Waals surface area contributed by atoms with Gasteiger partial charge in [0.2, 0.25) is 0 Å². The third-order valence-electron chi connectivity index (χ3n) is 3.79. The molecule has 0 amide bonds. The molecule has 0 fully saturated rings. The molecule has 20 heavy (non-hydrogen) atoms. The number of benzene rings is 1. The Bertz CT molecular complexity index is 794. The van der Waals surface area contributed by atoms with E-state index < -0.39 is 0 Å². The van der Waals surface area contributed by atoms with Crippen LogP contribution in [-0.4, -0.2) is 9.97 Å². The lowest BCUT2D eigenvalue weighted by molar-refractivity contribution is 0.900. The topological polar surface area (TPSA) is 63.8 Å². The standard InChI is InChI=1S/C15H14N4S/c16-19-15-10-5-3-6-12(10)17-14(18-15)11-8-20-13-7-2-1-4-9(11)13/h1-2,4,7-8H,3,5-6,16H2,(H,17,18,19). The molecule has 0 radical (unpaired) electrons. The molecule has 2 aromatic heterocycles. The summed E-state index contributed by atoms with van der Waals surface area (Å²) in [6.45, 7) is 0. The van der Waals surface area contributed by atoms with Crippen molar-refractivity contribution in [2.24, 2.45) is 5.84 Å². The average molecular weight is 282 g/mol. The number of rotatable bonds is 2. The Kier molecular flexibility index (Phi) is 2.68. The summed E-state index contributed by atoms with van der Waals surface area (Å²) >= 11 is 1.72. The Morgan fingerprint density at radius 3 is 2.95 bits per heavy atom. The number of hydrogen-bond acceptors (Lipinski definition) is 5. The maximum Gasteiger partial charge on any atom is 0.163 e. The van der Waals surface area contributed by atoms with E-state index in [9.17, 15) is 0 Å². The Morgan fingerprint density at radius 1 is 1.15 bits per heavy atom. The lowest BCUT2D eigenvalue weighted by atomic mass is 10.1. The molecule has 0 saturated heterocycles. The van der Waals surface area contributed by atoms with Crippen LogP contribution in [0.4, 0.5) is 5.82 Å². The highest BCUT2D eigenvalue weighted by Gasteiger charge is 2.20. The van der Waals surface area contributed by atoms with Gasteiger partial charge in [0.1, 0.15) is 5.82 Å². The fourth-order valence-electron chi connectivity index (χ4n) is 2.82. The summed E-state index contributed by atoms with van der Waals surface area (Å²) < 4.78 is 1.26. The van der Waals surface area contributed by atoms with Crippen LogP contribution < -0.4 is 11.3 Å². The highest BCUT2D eigenvalue weighted by Crippen LogP contribution is 2.34. The second-order valence-electron chi connectivity index (χ2n) is 4.96. The van der Waals surface area contributed by atoms with Crippen LogP contribution in [0.15, 0.2) is 29.6 Å². The maximum absolute atomic E-state index is 5.62. The highest BCUT2D eigenvalue weighted by atomic mass is 32.1. The molecule has 0 bridgehead atoms. The van der Waals surface area contributed by atoms with E-state index in [1.54, 1.807) is 11.3 Å². The summed E-state index contributed by atoms with van der Waals surface area (Å²) in [6, 6.07) is 8.35. The molecule has 100 valence electrons. The van der Waals surface area contributed by atoms with Crippen molar-refractivity contribution in [2.45, 2.75) is 19.3 Å². The van der Waals surface area contributed by atoms with Gasteiger partial charge >= 0.3 is 0 Å². The van der Waals surface area contributed by atoms with Crippen LogP contribution in [-0.2, 0) is 12.8 Å². The minimum atomic E-state index is 0.774. The third-order valence-corrected chi connectivity index (χ3v) is 4.76. The number of aryl methyl sites for hydroxylation is 1. The van der Waals surface area contributed by atoms with Crippen LogP contribution in [0.25, 0.3) is 21.5 Å². The summed E-state index contributed by atoms with van der Waals surface area (Å²) in [5, 5.41) is 3.33. The van der Waals surface area contributed by atoms with E-state index in [0.29, 0.717) is 0 Å². The van der Waals surface area contributed by atoms with Crippen molar-refractivity contribution in [3.05, 3.63) is 40.9 Å². The summed E-state index contributed by atoms with van der Waals surface area (Å²) in [5.41, 5.74) is 6.14. The van der Waals surface area contributed by atoms with Crippen LogP contribution in [0.2, 0.25) is 0 Å². The van der Waals surface area contributed by atoms with Crippen molar-refractivity contribution in [3.8, 4) is 11.4 Å². The van der Waals surface area contributed by atoms with Crippen molar-refractivity contribution < 1.29 is 0 Å². The van der Waals surface area contributed by atoms with Crippen LogP contribution in [0.3, 0.4) is 0 Å². The minimum absolute atomic E-state index is 0.774. The quantitative estimate of drug-likeness (QED) is 0.560. The minimum Gasteiger partial charge on any atom is -0.308 e. The van der Waals surface area contributed by atoms with Gasteiger partial charge in [0, 0.05) is 32.3 Å². The molecule has 2 heterocycles. The fourth-order valence-corrected chi connectivity index (χ4v) is 3.76. The van der Waals surface area contributed by atoms with Crippen LogP contribution in [0.1, 0.15) is 17.7 Å². The van der Waals surface area contributed by atoms with Crippen LogP contribution in [0.5, 0.6) is 0 Å². The molecule has 3 aromatic rings. The molecule has 0 atom stereocenters. The summed E-state index contributed by atoms with van der Waals surface area (Å²) in [6.07, 6.45) is 3.16. The fraction of sp³-hybridized carbons (Fsp3) is 0.200. The zero-order valence-corrected chi connectivity index (χ0v) is 11.7. The molecular formula is C15H14N4S. The zero-order valence-electron chi connectivity index (χ0n) is 10.9. The number of nitrogens with two attached hydrogens (primary N) is 1. The zero-order chi connectivity index (χ0) is 13.5. The molecule has 1 aliphatic rings. The molecule has 4 nitrogen and oxygen atoms in total. The molecular weight excluding hydrogens is 268 g/mol. The van der Waals surface area contributed by atoms with Crippen molar-refractivity contribution in [2.75, 3.05) is 5.43 Å². The van der Waals surface area contributed by atoms with Crippen LogP contribution >= 0.6 is 11.3 Å². The average Bonchev–Trinajstić information content (AvgIpc) is 3.12. The lowest BCUT2D eigenvalue weighted by Gasteiger charge is -2.08. The molecule has 0 unspecified atom stereocenters. The smallest absolute Gasteiger partial charge is 0.163 e. The predicted molar refractivity (Wildman–Crippen MR) is 82.7 cm³/mol. The number of thiophene rings is 1. The van der Waals surface area contributed by atoms with Gasteiger partial charge in [-0.2, -0.15) is 0 Å². The van der Waals surface area contributed by atoms with E-state index in [0.717, 1.165) is 42.2 Å². The van der Waals surface area contributed by atoms with Gasteiger partial charge < -0.3 is 5.43 Å². The van der Waals surface area contributed by atoms with Gasteiger partial charge in [-0.1, -0.05) is 18.2 Å². The van der Waals surface area contributed by atoms with Gasteiger partial charge in [0.25, 0.3) is 0 Å². The van der Waals surface area contributed by atoms with Gasteiger partial charge in [-0.25, -0.2) is 15.8 Å². The van der Waals surface area contributed by atoms with Gasteiger partial charge in [0.15, 0.2) is 5.82 Å². The van der Waals surface area contributed by atoms with E-state index in [-0.39, 0.29) is 0 Å². The molecule has 4 rings (SSSR count). The number of nitrogen functional groups attached to an aromatic ring is 1. The van der Waals surface area contributed by atoms with Gasteiger partial charge in [-0.15, -0.1) is 11.3 Å². The molecule has 1 aliphatic carbocycles. The number of nitrogens with zero attached hydrogens (tertiary/aromatic N) is 2. The first-order valence-electron chi connectivity index (χ1n) is 6.70. The Labute approximate surface area is 120 Å². The van der Waals surface area contributed by atoms with Crippen LogP contribution in [0, 0.1) is 0 Å². The second kappa shape index (κ2) is 4.54. The number of fused-ring (bicyclic) bond motifs is 2. The maximum atomic E-state index is 5.62. The van der Waals surface area contributed by atoms with E-state index in [2.05, 4.69) is 34.0 Å². The number of anilines is 1. The first-order valence-corrected chi connectivity index (χ1v) is 7.58. The van der Waals surface area contributed by atoms with Gasteiger partial charge in [0.05, 0.1) is 0 Å². The van der Waals surface area contributed by atoms with Crippen molar-refractivity contribution in [1.29, 1.82) is 0 Å². The molecule has 0 aliphatic heterocycles. The lowest BCUT2D eigenvalue weighted by Crippen LogP contribution is -2.12. The first-order chi connectivity index (χ1) is 9.86. The second-order valence-corrected chi connectivity index (χ2v) is 5.88. The summed E-state index contributed by atoms with van der Waals surface area (Å²) in [5.74, 6) is 7.17. The van der Waals surface area contributed by atoms with E-state index in [1.807, 2.05) is 6.07 Å². The number of aromatic nitrogens is 2. The molecule has 0 saturated carbocycles. The third kappa shape index (κ3) is 1.71. The Balaban J connectivity index is 1.94. The summed E-state index contributed by atoms with van der Waals surface area (Å²) in [7, 11) is 0. The van der Waals surface area contributed by atoms with Crippen molar-refractivity contribution in [3.63, 3.8) is 0 Å². The van der Waals surface area contributed by atoms with Gasteiger partial charge in [-0.05, 0) is 25.3 Å². The molecule has 1 aromatic carbocycles. The Morgan fingerprint density at radius 2 is 2.05 bits per heavy atom. The van der Waals surface area contributed by atoms with Crippen molar-refractivity contribution in [1.82, 2.24) is 9.97 Å². The highest BCUT2D eigenvalue weighted by molar-refractivity contribution is 7.17. The number of nitrogens with one attached hydrogen (secondary N) is 1. The predicted octanol–water partition coefficient (Wildman–Crippen LogP) is 3.13. The summed E-state index contributed by atoms with van der Waals surface area (Å²) in [4.78, 5) is 9.37. The normalized spacial score (nSPS) is 13.7. The monoisotopic (exact) mass is 282 g/mol. The molecule has 0 spiro atoms. The Hall–Kier alpha value is -1.98. The SMILES string of the molecule is NNc1nc(-c2csc3ccccc23)nc2c1CCC2. The largest absolute Gasteiger partial charge is 0.308 e. The van der Waals surface area contributed by atoms with Crippen molar-refractivity contribution >= 4 is 27.2 Å². The first kappa shape index (κ1) is 11.8. The molecule has 5 heteroatoms. The van der Waals surface area contributed by atoms with E-state index >= 15 is 0 Å².